The van der Waals surface area contributed by atoms with Crippen molar-refractivity contribution in [1.29, 1.82) is 0 Å². The first-order valence-electron chi connectivity index (χ1n) is 12.8. The number of halogens is 1. The molecule has 2 aromatic heterocycles. The molecule has 2 heterocycles. The number of nitrogens with zero attached hydrogens (tertiary/aromatic N) is 2. The summed E-state index contributed by atoms with van der Waals surface area (Å²) < 4.78 is 27.0. The van der Waals surface area contributed by atoms with Crippen LogP contribution in [0.3, 0.4) is 0 Å². The lowest BCUT2D eigenvalue weighted by Gasteiger charge is -2.12. The molecule has 0 fully saturated rings. The predicted molar refractivity (Wildman–Crippen MR) is 155 cm³/mol. The molecular formula is C29H32FN3O4S2. The molecule has 0 aliphatic carbocycles. The number of carbonyl (C=O) groups excluding carboxylic acids is 1. The number of methoxy groups -OCH3 is 2. The van der Waals surface area contributed by atoms with E-state index < -0.39 is 0 Å². The van der Waals surface area contributed by atoms with Crippen LogP contribution in [-0.2, 0) is 23.5 Å². The number of nitrogens with one attached hydrogen (secondary N) is 1. The van der Waals surface area contributed by atoms with E-state index >= 15 is 0 Å². The number of aromatic nitrogens is 2. The minimum atomic E-state index is -0.266. The number of carbonyl (C=O) groups is 1. The third kappa shape index (κ3) is 7.60. The van der Waals surface area contributed by atoms with Gasteiger partial charge in [-0.05, 0) is 60.0 Å². The van der Waals surface area contributed by atoms with Crippen LogP contribution < -0.4 is 20.3 Å². The van der Waals surface area contributed by atoms with Crippen molar-refractivity contribution in [3.63, 3.8) is 0 Å². The van der Waals surface area contributed by atoms with Gasteiger partial charge < -0.3 is 14.8 Å². The number of benzene rings is 2. The van der Waals surface area contributed by atoms with Crippen LogP contribution in [-0.4, -0.2) is 36.2 Å². The van der Waals surface area contributed by atoms with E-state index in [1.807, 2.05) is 29.6 Å². The lowest BCUT2D eigenvalue weighted by Crippen LogP contribution is -2.25. The molecule has 7 nitrogen and oxygen atoms in total. The summed E-state index contributed by atoms with van der Waals surface area (Å²) in [6.07, 6.45) is 3.39. The highest BCUT2D eigenvalue weighted by Gasteiger charge is 2.14. The summed E-state index contributed by atoms with van der Waals surface area (Å²) in [5.41, 5.74) is 2.23. The zero-order chi connectivity index (χ0) is 27.6. The van der Waals surface area contributed by atoms with Crippen LogP contribution >= 0.6 is 23.1 Å². The molecule has 2 aromatic carbocycles. The summed E-state index contributed by atoms with van der Waals surface area (Å²) in [6.45, 7) is 1.04. The van der Waals surface area contributed by atoms with Crippen molar-refractivity contribution in [2.75, 3.05) is 20.8 Å². The van der Waals surface area contributed by atoms with Crippen LogP contribution in [0.4, 0.5) is 4.39 Å². The predicted octanol–water partition coefficient (Wildman–Crippen LogP) is 5.83. The van der Waals surface area contributed by atoms with Crippen molar-refractivity contribution >= 4 is 39.2 Å². The van der Waals surface area contributed by atoms with Crippen LogP contribution in [0.15, 0.2) is 63.9 Å². The summed E-state index contributed by atoms with van der Waals surface area (Å²) in [7, 11) is 3.20. The second-order valence-corrected chi connectivity index (χ2v) is 10.8. The number of rotatable bonds is 14. The molecule has 0 saturated carbocycles. The number of unbranched alkanes of at least 4 members (excludes halogenated alkanes) is 2. The van der Waals surface area contributed by atoms with E-state index in [-0.39, 0.29) is 17.3 Å². The average Bonchev–Trinajstić information content (AvgIpc) is 3.42. The fourth-order valence-electron chi connectivity index (χ4n) is 4.19. The van der Waals surface area contributed by atoms with Gasteiger partial charge in [0.05, 0.1) is 19.7 Å². The Kier molecular flexibility index (Phi) is 10.4. The molecule has 0 atom stereocenters. The second kappa shape index (κ2) is 14.1. The van der Waals surface area contributed by atoms with Crippen molar-refractivity contribution in [3.8, 4) is 11.5 Å². The standard InChI is InChI=1S/C29H32FN3O4S2/c1-36-24-12-11-20(18-25(24)37-2)13-15-31-26(34)10-4-3-7-16-33-28(35)27-23(14-17-38-27)32-29(33)39-19-21-8-5-6-9-22(21)30/h5-6,8-9,11-12,14,17-18H,3-4,7,10,13,15-16,19H2,1-2H3,(H,31,34). The van der Waals surface area contributed by atoms with E-state index in [0.717, 1.165) is 24.8 Å². The van der Waals surface area contributed by atoms with Gasteiger partial charge in [0.15, 0.2) is 16.7 Å². The number of thioether (sulfide) groups is 1. The number of thiophene rings is 1. The Hall–Kier alpha value is -3.37. The van der Waals surface area contributed by atoms with Gasteiger partial charge in [0, 0.05) is 25.3 Å². The number of ether oxygens (including phenoxy) is 2. The molecule has 206 valence electrons. The second-order valence-electron chi connectivity index (χ2n) is 8.97. The molecular weight excluding hydrogens is 537 g/mol. The van der Waals surface area contributed by atoms with E-state index in [9.17, 15) is 14.0 Å². The molecule has 1 N–H and O–H groups in total. The number of hydrogen-bond acceptors (Lipinski definition) is 7. The maximum atomic E-state index is 14.1. The molecule has 10 heteroatoms. The van der Waals surface area contributed by atoms with E-state index in [1.54, 1.807) is 37.0 Å². The summed E-state index contributed by atoms with van der Waals surface area (Å²) in [6, 6.07) is 14.2. The van der Waals surface area contributed by atoms with Gasteiger partial charge in [0.25, 0.3) is 5.56 Å². The lowest BCUT2D eigenvalue weighted by atomic mass is 10.1. The monoisotopic (exact) mass is 569 g/mol. The van der Waals surface area contributed by atoms with Gasteiger partial charge >= 0.3 is 0 Å². The first-order valence-corrected chi connectivity index (χ1v) is 14.7. The van der Waals surface area contributed by atoms with E-state index in [0.29, 0.717) is 64.1 Å². The first-order chi connectivity index (χ1) is 19.0. The third-order valence-corrected chi connectivity index (χ3v) is 8.23. The van der Waals surface area contributed by atoms with Crippen molar-refractivity contribution in [1.82, 2.24) is 14.9 Å². The number of hydrogen-bond donors (Lipinski definition) is 1. The molecule has 0 saturated heterocycles. The topological polar surface area (TPSA) is 82.5 Å². The largest absolute Gasteiger partial charge is 0.493 e. The number of fused-ring (bicyclic) bond motifs is 1. The van der Waals surface area contributed by atoms with Crippen molar-refractivity contribution in [2.24, 2.45) is 0 Å². The van der Waals surface area contributed by atoms with E-state index in [2.05, 4.69) is 10.3 Å². The van der Waals surface area contributed by atoms with Gasteiger partial charge in [0.2, 0.25) is 5.91 Å². The normalized spacial score (nSPS) is 11.1. The smallest absolute Gasteiger partial charge is 0.272 e. The van der Waals surface area contributed by atoms with Crippen molar-refractivity contribution in [3.05, 3.63) is 81.2 Å². The minimum Gasteiger partial charge on any atom is -0.493 e. The summed E-state index contributed by atoms with van der Waals surface area (Å²) >= 11 is 2.74. The molecule has 0 unspecified atom stereocenters. The first kappa shape index (κ1) is 28.6. The van der Waals surface area contributed by atoms with Crippen LogP contribution in [0, 0.1) is 5.82 Å². The SMILES string of the molecule is COc1ccc(CCNC(=O)CCCCCn2c(SCc3ccccc3F)nc3ccsc3c2=O)cc1OC. The average molecular weight is 570 g/mol. The van der Waals surface area contributed by atoms with Gasteiger partial charge in [-0.2, -0.15) is 0 Å². The molecule has 1 amide bonds. The lowest BCUT2D eigenvalue weighted by molar-refractivity contribution is -0.121. The summed E-state index contributed by atoms with van der Waals surface area (Å²) in [5.74, 6) is 1.48. The van der Waals surface area contributed by atoms with Gasteiger partial charge in [-0.1, -0.05) is 42.4 Å². The Morgan fingerprint density at radius 3 is 2.69 bits per heavy atom. The van der Waals surface area contributed by atoms with Gasteiger partial charge in [-0.3, -0.25) is 14.2 Å². The van der Waals surface area contributed by atoms with Gasteiger partial charge in [-0.25, -0.2) is 9.37 Å². The molecule has 0 spiro atoms. The Morgan fingerprint density at radius 2 is 1.90 bits per heavy atom. The molecule has 4 aromatic rings. The Morgan fingerprint density at radius 1 is 1.08 bits per heavy atom. The molecule has 4 rings (SSSR count). The number of amides is 1. The van der Waals surface area contributed by atoms with E-state index in [4.69, 9.17) is 9.47 Å². The fraction of sp³-hybridized carbons (Fsp3) is 0.345. The maximum Gasteiger partial charge on any atom is 0.272 e. The summed E-state index contributed by atoms with van der Waals surface area (Å²) in [4.78, 5) is 30.1. The van der Waals surface area contributed by atoms with Crippen LogP contribution in [0.5, 0.6) is 11.5 Å². The van der Waals surface area contributed by atoms with Crippen molar-refractivity contribution < 1.29 is 18.7 Å². The zero-order valence-electron chi connectivity index (χ0n) is 22.1. The Labute approximate surface area is 235 Å². The highest BCUT2D eigenvalue weighted by molar-refractivity contribution is 7.98. The molecule has 0 radical (unpaired) electrons. The fourth-order valence-corrected chi connectivity index (χ4v) is 5.98. The maximum absolute atomic E-state index is 14.1. The molecule has 0 aliphatic rings. The Balaban J connectivity index is 1.25. The van der Waals surface area contributed by atoms with Gasteiger partial charge in [-0.15, -0.1) is 11.3 Å². The quantitative estimate of drug-likeness (QED) is 0.117. The highest BCUT2D eigenvalue weighted by Crippen LogP contribution is 2.28. The van der Waals surface area contributed by atoms with Crippen LogP contribution in [0.1, 0.15) is 36.8 Å². The van der Waals surface area contributed by atoms with E-state index in [1.165, 1.54) is 29.2 Å². The zero-order valence-corrected chi connectivity index (χ0v) is 23.7. The Bertz CT molecular complexity index is 1470. The highest BCUT2D eigenvalue weighted by atomic mass is 32.2. The minimum absolute atomic E-state index is 0.00967. The molecule has 0 aliphatic heterocycles. The molecule has 0 bridgehead atoms. The van der Waals surface area contributed by atoms with Crippen LogP contribution in [0.2, 0.25) is 0 Å². The molecule has 39 heavy (non-hydrogen) atoms. The van der Waals surface area contributed by atoms with Gasteiger partial charge in [0.1, 0.15) is 10.5 Å². The third-order valence-electron chi connectivity index (χ3n) is 6.31. The van der Waals surface area contributed by atoms with Crippen molar-refractivity contribution in [2.45, 2.75) is 49.6 Å². The van der Waals surface area contributed by atoms with Crippen LogP contribution in [0.25, 0.3) is 10.2 Å². The summed E-state index contributed by atoms with van der Waals surface area (Å²) in [5, 5.41) is 5.41.